The van der Waals surface area contributed by atoms with Gasteiger partial charge in [-0.2, -0.15) is 4.72 Å². The normalized spacial score (nSPS) is 10.3. The van der Waals surface area contributed by atoms with Crippen LogP contribution in [0.3, 0.4) is 0 Å². The van der Waals surface area contributed by atoms with Gasteiger partial charge >= 0.3 is 5.97 Å². The zero-order chi connectivity index (χ0) is 15.1. The van der Waals surface area contributed by atoms with Crippen LogP contribution in [0.4, 0.5) is 0 Å². The quantitative estimate of drug-likeness (QED) is 0.812. The third kappa shape index (κ3) is 8.30. The lowest BCUT2D eigenvalue weighted by Crippen LogP contribution is -2.29. The van der Waals surface area contributed by atoms with Gasteiger partial charge in [-0.15, -0.1) is 0 Å². The van der Waals surface area contributed by atoms with Crippen LogP contribution in [-0.2, 0) is 19.6 Å². The van der Waals surface area contributed by atoms with Gasteiger partial charge < -0.3 is 5.11 Å². The highest BCUT2D eigenvalue weighted by atomic mass is 35.5. The van der Waals surface area contributed by atoms with Crippen molar-refractivity contribution in [2.24, 2.45) is 0 Å². The summed E-state index contributed by atoms with van der Waals surface area (Å²) in [4.78, 5) is 19.5. The summed E-state index contributed by atoms with van der Waals surface area (Å²) >= 11 is 4.64. The number of hydrogen-bond acceptors (Lipinski definition) is 4. The van der Waals surface area contributed by atoms with E-state index in [-0.39, 0.29) is 10.1 Å². The summed E-state index contributed by atoms with van der Waals surface area (Å²) in [5.74, 6) is -1.22. The predicted molar refractivity (Wildman–Crippen MR) is 70.5 cm³/mol. The highest BCUT2D eigenvalue weighted by Gasteiger charge is 2.14. The molecule has 0 bridgehead atoms. The van der Waals surface area contributed by atoms with Crippen molar-refractivity contribution in [3.63, 3.8) is 0 Å². The molecule has 6 nitrogen and oxygen atoms in total. The maximum absolute atomic E-state index is 11.5. The minimum Gasteiger partial charge on any atom is -0.480 e. The Kier molecular flexibility index (Phi) is 7.28. The molecule has 8 heteroatoms. The van der Waals surface area contributed by atoms with Crippen LogP contribution < -0.4 is 4.72 Å². The summed E-state index contributed by atoms with van der Waals surface area (Å²) < 4.78 is 24.9. The monoisotopic (exact) mass is 307 g/mol. The molecule has 1 aromatic carbocycles. The number of carboxylic acid groups (broad SMARTS) is 1. The molecule has 0 saturated carbocycles. The number of rotatable bonds is 4. The van der Waals surface area contributed by atoms with Crippen molar-refractivity contribution in [3.8, 4) is 0 Å². The maximum Gasteiger partial charge on any atom is 0.318 e. The number of carboxylic acids is 1. The van der Waals surface area contributed by atoms with Crippen molar-refractivity contribution >= 4 is 32.8 Å². The van der Waals surface area contributed by atoms with Crippen LogP contribution in [0, 0.1) is 6.92 Å². The second-order valence-corrected chi connectivity index (χ2v) is 5.80. The lowest BCUT2D eigenvalue weighted by Gasteiger charge is -2.04. The Labute approximate surface area is 116 Å². The Morgan fingerprint density at radius 1 is 1.26 bits per heavy atom. The molecule has 0 saturated heterocycles. The zero-order valence-electron chi connectivity index (χ0n) is 10.4. The lowest BCUT2D eigenvalue weighted by molar-refractivity contribution is -0.135. The second-order valence-electron chi connectivity index (χ2n) is 3.50. The van der Waals surface area contributed by atoms with E-state index in [0.717, 1.165) is 5.56 Å². The molecule has 1 rings (SSSR count). The van der Waals surface area contributed by atoms with Crippen LogP contribution in [0.15, 0.2) is 29.2 Å². The van der Waals surface area contributed by atoms with Gasteiger partial charge in [-0.1, -0.05) is 17.7 Å². The molecule has 1 aromatic rings. The van der Waals surface area contributed by atoms with Crippen LogP contribution in [0.2, 0.25) is 0 Å². The van der Waals surface area contributed by atoms with Gasteiger partial charge in [-0.05, 0) is 30.7 Å². The first kappa shape index (κ1) is 17.6. The van der Waals surface area contributed by atoms with E-state index >= 15 is 0 Å². The molecule has 0 fully saturated rings. The number of benzene rings is 1. The van der Waals surface area contributed by atoms with Gasteiger partial charge in [0.1, 0.15) is 6.54 Å². The van der Waals surface area contributed by atoms with Gasteiger partial charge in [0.15, 0.2) is 0 Å². The Hall–Kier alpha value is -1.44. The molecule has 106 valence electrons. The minimum absolute atomic E-state index is 0.0642. The highest BCUT2D eigenvalue weighted by molar-refractivity contribution is 7.89. The van der Waals surface area contributed by atoms with Crippen molar-refractivity contribution in [2.75, 3.05) is 6.54 Å². The number of aryl methyl sites for hydroxylation is 1. The van der Waals surface area contributed by atoms with Crippen molar-refractivity contribution in [2.45, 2.75) is 18.7 Å². The molecule has 0 heterocycles. The van der Waals surface area contributed by atoms with Gasteiger partial charge in [-0.3, -0.25) is 9.59 Å². The van der Waals surface area contributed by atoms with Crippen LogP contribution >= 0.6 is 11.6 Å². The van der Waals surface area contributed by atoms with E-state index < -0.39 is 22.5 Å². The highest BCUT2D eigenvalue weighted by Crippen LogP contribution is 2.09. The second kappa shape index (κ2) is 7.88. The van der Waals surface area contributed by atoms with Crippen molar-refractivity contribution in [3.05, 3.63) is 29.8 Å². The molecular weight excluding hydrogens is 294 g/mol. The maximum atomic E-state index is 11.5. The summed E-state index contributed by atoms with van der Waals surface area (Å²) in [5.41, 5.74) is 0.937. The SMILES string of the molecule is CC(=O)Cl.Cc1ccc(S(=O)(=O)NCC(=O)O)cc1. The van der Waals surface area contributed by atoms with Gasteiger partial charge in [0.25, 0.3) is 0 Å². The van der Waals surface area contributed by atoms with Gasteiger partial charge in [0.05, 0.1) is 4.90 Å². The standard InChI is InChI=1S/C9H11NO4S.C2H3ClO/c1-7-2-4-8(5-3-7)15(13,14)10-6-9(11)12;1-2(3)4/h2-5,10H,6H2,1H3,(H,11,12);1H3. The molecule has 0 unspecified atom stereocenters. The fraction of sp³-hybridized carbons (Fsp3) is 0.273. The minimum atomic E-state index is -3.70. The fourth-order valence-electron chi connectivity index (χ4n) is 0.958. The van der Waals surface area contributed by atoms with E-state index in [4.69, 9.17) is 5.11 Å². The van der Waals surface area contributed by atoms with Crippen molar-refractivity contribution < 1.29 is 23.1 Å². The smallest absolute Gasteiger partial charge is 0.318 e. The van der Waals surface area contributed by atoms with E-state index in [1.807, 2.05) is 11.6 Å². The Morgan fingerprint density at radius 3 is 2.05 bits per heavy atom. The zero-order valence-corrected chi connectivity index (χ0v) is 12.0. The topological polar surface area (TPSA) is 101 Å². The number of halogens is 1. The average molecular weight is 308 g/mol. The molecule has 0 aliphatic rings. The summed E-state index contributed by atoms with van der Waals surface area (Å²) in [6.45, 7) is 2.51. The lowest BCUT2D eigenvalue weighted by atomic mass is 10.2. The van der Waals surface area contributed by atoms with Crippen LogP contribution in [-0.4, -0.2) is 31.3 Å². The first-order valence-corrected chi connectivity index (χ1v) is 6.95. The number of carbonyl (C=O) groups is 2. The number of nitrogens with one attached hydrogen (secondary N) is 1. The fourth-order valence-corrected chi connectivity index (χ4v) is 1.93. The molecule has 0 aliphatic heterocycles. The van der Waals surface area contributed by atoms with Gasteiger partial charge in [-0.25, -0.2) is 8.42 Å². The summed E-state index contributed by atoms with van der Waals surface area (Å²) in [7, 11) is -3.70. The molecule has 0 aliphatic carbocycles. The number of aliphatic carboxylic acids is 1. The molecule has 0 spiro atoms. The van der Waals surface area contributed by atoms with E-state index in [1.165, 1.54) is 19.1 Å². The molecule has 0 aromatic heterocycles. The van der Waals surface area contributed by atoms with Crippen molar-refractivity contribution in [1.82, 2.24) is 4.72 Å². The summed E-state index contributed by atoms with van der Waals surface area (Å²) in [6.07, 6.45) is 0. The van der Waals surface area contributed by atoms with Crippen LogP contribution in [0.5, 0.6) is 0 Å². The van der Waals surface area contributed by atoms with E-state index in [9.17, 15) is 18.0 Å². The van der Waals surface area contributed by atoms with Crippen LogP contribution in [0.25, 0.3) is 0 Å². The van der Waals surface area contributed by atoms with Gasteiger partial charge in [0, 0.05) is 6.92 Å². The molecule has 0 atom stereocenters. The average Bonchev–Trinajstić information content (AvgIpc) is 2.26. The Bertz CT molecular complexity index is 535. The first-order chi connectivity index (χ1) is 8.65. The first-order valence-electron chi connectivity index (χ1n) is 5.09. The van der Waals surface area contributed by atoms with Crippen LogP contribution in [0.1, 0.15) is 12.5 Å². The Morgan fingerprint density at radius 2 is 1.68 bits per heavy atom. The largest absolute Gasteiger partial charge is 0.480 e. The summed E-state index contributed by atoms with van der Waals surface area (Å²) in [5, 5.41) is 7.98. The summed E-state index contributed by atoms with van der Waals surface area (Å²) in [6, 6.07) is 6.16. The van der Waals surface area contributed by atoms with Crippen molar-refractivity contribution in [1.29, 1.82) is 0 Å². The molecule has 0 amide bonds. The van der Waals surface area contributed by atoms with E-state index in [2.05, 4.69) is 11.6 Å². The van der Waals surface area contributed by atoms with E-state index in [1.54, 1.807) is 12.1 Å². The predicted octanol–water partition coefficient (Wildman–Crippen LogP) is 1.13. The number of carbonyl (C=O) groups excluding carboxylic acids is 1. The Balaban J connectivity index is 0.000000711. The van der Waals surface area contributed by atoms with Gasteiger partial charge in [0.2, 0.25) is 15.3 Å². The molecular formula is C11H14ClNO5S. The number of sulfonamides is 1. The molecule has 2 N–H and O–H groups in total. The third-order valence-corrected chi connectivity index (χ3v) is 3.16. The number of hydrogen-bond donors (Lipinski definition) is 2. The molecule has 19 heavy (non-hydrogen) atoms. The van der Waals surface area contributed by atoms with E-state index in [0.29, 0.717) is 0 Å². The third-order valence-electron chi connectivity index (χ3n) is 1.74. The molecule has 0 radical (unpaired) electrons.